The van der Waals surface area contributed by atoms with E-state index in [0.717, 1.165) is 10.9 Å². The number of aromatic nitrogens is 1. The Balaban J connectivity index is 1.74. The number of rotatable bonds is 7. The Hall–Kier alpha value is -3.44. The van der Waals surface area contributed by atoms with Gasteiger partial charge in [-0.1, -0.05) is 11.8 Å². The zero-order chi connectivity index (χ0) is 20.8. The molecule has 0 unspecified atom stereocenters. The molecule has 0 aliphatic carbocycles. The molecule has 1 N–H and O–H groups in total. The van der Waals surface area contributed by atoms with Crippen LogP contribution in [-0.2, 0) is 4.79 Å². The lowest BCUT2D eigenvalue weighted by molar-refractivity contribution is -0.113. The summed E-state index contributed by atoms with van der Waals surface area (Å²) in [5.74, 6) is 1.71. The Morgan fingerprint density at radius 3 is 2.34 bits per heavy atom. The quantitative estimate of drug-likeness (QED) is 0.592. The maximum Gasteiger partial charge on any atom is 0.234 e. The average molecular weight is 409 g/mol. The van der Waals surface area contributed by atoms with Crippen LogP contribution in [0, 0.1) is 11.3 Å². The molecule has 0 spiro atoms. The zero-order valence-electron chi connectivity index (χ0n) is 16.2. The van der Waals surface area contributed by atoms with Crippen molar-refractivity contribution < 1.29 is 19.0 Å². The minimum atomic E-state index is -0.231. The number of methoxy groups -OCH3 is 3. The number of anilines is 1. The van der Waals surface area contributed by atoms with E-state index in [-0.39, 0.29) is 11.7 Å². The van der Waals surface area contributed by atoms with Crippen molar-refractivity contribution in [3.8, 4) is 23.3 Å². The highest BCUT2D eigenvalue weighted by Gasteiger charge is 2.12. The number of fused-ring (bicyclic) bond motifs is 1. The van der Waals surface area contributed by atoms with Gasteiger partial charge in [-0.15, -0.1) is 0 Å². The number of thioether (sulfide) groups is 1. The van der Waals surface area contributed by atoms with E-state index in [9.17, 15) is 10.1 Å². The van der Waals surface area contributed by atoms with Crippen molar-refractivity contribution in [1.29, 1.82) is 5.26 Å². The van der Waals surface area contributed by atoms with Crippen molar-refractivity contribution in [2.24, 2.45) is 0 Å². The number of carbonyl (C=O) groups excluding carboxylic acids is 1. The highest BCUT2D eigenvalue weighted by molar-refractivity contribution is 8.00. The van der Waals surface area contributed by atoms with Gasteiger partial charge in [0, 0.05) is 29.3 Å². The highest BCUT2D eigenvalue weighted by atomic mass is 32.2. The Morgan fingerprint density at radius 1 is 1.03 bits per heavy atom. The molecule has 1 aromatic heterocycles. The molecule has 148 valence electrons. The van der Waals surface area contributed by atoms with E-state index in [4.69, 9.17) is 14.2 Å². The third-order valence-corrected chi connectivity index (χ3v) is 5.07. The van der Waals surface area contributed by atoms with E-state index in [1.807, 2.05) is 12.1 Å². The van der Waals surface area contributed by atoms with Crippen LogP contribution in [0.1, 0.15) is 5.56 Å². The maximum absolute atomic E-state index is 12.4. The summed E-state index contributed by atoms with van der Waals surface area (Å²) in [7, 11) is 4.67. The molecule has 0 saturated carbocycles. The van der Waals surface area contributed by atoms with Gasteiger partial charge in [0.15, 0.2) is 0 Å². The van der Waals surface area contributed by atoms with E-state index in [1.165, 1.54) is 11.8 Å². The molecule has 1 amide bonds. The lowest BCUT2D eigenvalue weighted by Gasteiger charge is -2.10. The van der Waals surface area contributed by atoms with E-state index < -0.39 is 0 Å². The molecule has 7 nitrogen and oxygen atoms in total. The van der Waals surface area contributed by atoms with Gasteiger partial charge in [-0.05, 0) is 24.3 Å². The number of ether oxygens (including phenoxy) is 3. The second-order valence-electron chi connectivity index (χ2n) is 5.95. The minimum absolute atomic E-state index is 0.100. The molecule has 29 heavy (non-hydrogen) atoms. The molecule has 3 aromatic rings. The van der Waals surface area contributed by atoms with Crippen LogP contribution in [0.5, 0.6) is 17.2 Å². The highest BCUT2D eigenvalue weighted by Crippen LogP contribution is 2.28. The van der Waals surface area contributed by atoms with Gasteiger partial charge in [-0.2, -0.15) is 5.26 Å². The van der Waals surface area contributed by atoms with Crippen LogP contribution >= 0.6 is 11.8 Å². The molecule has 1 heterocycles. The van der Waals surface area contributed by atoms with Crippen molar-refractivity contribution in [1.82, 2.24) is 4.98 Å². The van der Waals surface area contributed by atoms with Crippen LogP contribution in [0.4, 0.5) is 5.69 Å². The van der Waals surface area contributed by atoms with Gasteiger partial charge in [0.05, 0.1) is 38.2 Å². The third kappa shape index (κ3) is 4.89. The van der Waals surface area contributed by atoms with Crippen molar-refractivity contribution in [2.45, 2.75) is 5.03 Å². The number of nitrogens with one attached hydrogen (secondary N) is 1. The van der Waals surface area contributed by atoms with Crippen molar-refractivity contribution in [3.63, 3.8) is 0 Å². The average Bonchev–Trinajstić information content (AvgIpc) is 2.76. The predicted octanol–water partition coefficient (Wildman–Crippen LogP) is 3.86. The summed E-state index contributed by atoms with van der Waals surface area (Å²) in [4.78, 5) is 16.9. The van der Waals surface area contributed by atoms with Crippen LogP contribution in [0.2, 0.25) is 0 Å². The van der Waals surface area contributed by atoms with Gasteiger partial charge < -0.3 is 19.5 Å². The molecule has 0 radical (unpaired) electrons. The predicted molar refractivity (Wildman–Crippen MR) is 112 cm³/mol. The number of benzene rings is 2. The van der Waals surface area contributed by atoms with Crippen LogP contribution in [-0.4, -0.2) is 38.0 Å². The summed E-state index contributed by atoms with van der Waals surface area (Å²) >= 11 is 1.20. The molecule has 0 atom stereocenters. The maximum atomic E-state index is 12.4. The normalized spacial score (nSPS) is 10.3. The van der Waals surface area contributed by atoms with Crippen LogP contribution < -0.4 is 19.5 Å². The zero-order valence-corrected chi connectivity index (χ0v) is 17.0. The topological polar surface area (TPSA) is 93.5 Å². The fourth-order valence-electron chi connectivity index (χ4n) is 2.66. The smallest absolute Gasteiger partial charge is 0.234 e. The minimum Gasteiger partial charge on any atom is -0.497 e. The van der Waals surface area contributed by atoms with Gasteiger partial charge in [0.1, 0.15) is 28.3 Å². The molecule has 0 fully saturated rings. The Labute approximate surface area is 172 Å². The first-order valence-corrected chi connectivity index (χ1v) is 9.59. The monoisotopic (exact) mass is 409 g/mol. The summed E-state index contributed by atoms with van der Waals surface area (Å²) in [6.45, 7) is 0. The summed E-state index contributed by atoms with van der Waals surface area (Å²) in [6.07, 6.45) is 0. The summed E-state index contributed by atoms with van der Waals surface area (Å²) < 4.78 is 15.6. The fourth-order valence-corrected chi connectivity index (χ4v) is 3.43. The van der Waals surface area contributed by atoms with Gasteiger partial charge in [-0.3, -0.25) is 4.79 Å². The number of amides is 1. The number of pyridine rings is 1. The first-order chi connectivity index (χ1) is 14.1. The summed E-state index contributed by atoms with van der Waals surface area (Å²) in [5, 5.41) is 13.6. The first-order valence-electron chi connectivity index (χ1n) is 8.61. The largest absolute Gasteiger partial charge is 0.497 e. The molecular weight excluding hydrogens is 390 g/mol. The Morgan fingerprint density at radius 2 is 1.72 bits per heavy atom. The molecule has 3 rings (SSSR count). The molecule has 8 heteroatoms. The lowest BCUT2D eigenvalue weighted by Crippen LogP contribution is -2.14. The number of nitrogens with zero attached hydrogens (tertiary/aromatic N) is 2. The van der Waals surface area contributed by atoms with Gasteiger partial charge in [-0.25, -0.2) is 4.98 Å². The van der Waals surface area contributed by atoms with E-state index in [1.54, 1.807) is 51.7 Å². The standard InChI is InChI=1S/C21H19N3O4S/c1-26-16-4-5-19-13(7-16)6-14(11-22)21(24-19)29-12-20(25)23-15-8-17(27-2)10-18(9-15)28-3/h4-10H,12H2,1-3H3,(H,23,25). The molecular formula is C21H19N3O4S. The van der Waals surface area contributed by atoms with Crippen LogP contribution in [0.15, 0.2) is 47.5 Å². The SMILES string of the molecule is COc1cc(NC(=O)CSc2nc3ccc(OC)cc3cc2C#N)cc(OC)c1. The molecule has 0 aliphatic rings. The molecule has 0 saturated heterocycles. The fraction of sp³-hybridized carbons (Fsp3) is 0.190. The number of nitriles is 1. The summed E-state index contributed by atoms with van der Waals surface area (Å²) in [5.41, 5.74) is 1.70. The van der Waals surface area contributed by atoms with Crippen LogP contribution in [0.3, 0.4) is 0 Å². The van der Waals surface area contributed by atoms with Crippen LogP contribution in [0.25, 0.3) is 10.9 Å². The molecule has 2 aromatic carbocycles. The van der Waals surface area contributed by atoms with Crippen molar-refractivity contribution in [2.75, 3.05) is 32.4 Å². The second-order valence-corrected chi connectivity index (χ2v) is 6.91. The van der Waals surface area contributed by atoms with E-state index >= 15 is 0 Å². The van der Waals surface area contributed by atoms with Gasteiger partial charge in [0.25, 0.3) is 0 Å². The van der Waals surface area contributed by atoms with Crippen molar-refractivity contribution in [3.05, 3.63) is 48.0 Å². The summed E-state index contributed by atoms with van der Waals surface area (Å²) in [6, 6.07) is 14.5. The third-order valence-electron chi connectivity index (χ3n) is 4.08. The van der Waals surface area contributed by atoms with Gasteiger partial charge >= 0.3 is 0 Å². The lowest BCUT2D eigenvalue weighted by atomic mass is 10.1. The van der Waals surface area contributed by atoms with E-state index in [0.29, 0.717) is 33.5 Å². The Bertz CT molecular complexity index is 1070. The second kappa shape index (κ2) is 9.17. The molecule has 0 bridgehead atoms. The Kier molecular flexibility index (Phi) is 6.42. The van der Waals surface area contributed by atoms with E-state index in [2.05, 4.69) is 16.4 Å². The number of hydrogen-bond donors (Lipinski definition) is 1. The van der Waals surface area contributed by atoms with Gasteiger partial charge in [0.2, 0.25) is 5.91 Å². The number of carbonyl (C=O) groups is 1. The van der Waals surface area contributed by atoms with Crippen molar-refractivity contribution >= 4 is 34.3 Å². The first kappa shape index (κ1) is 20.3. The number of hydrogen-bond acceptors (Lipinski definition) is 7. The molecule has 0 aliphatic heterocycles.